The molecule has 90 valence electrons. The molecule has 3 nitrogen and oxygen atoms in total. The molecule has 0 aliphatic heterocycles. The molecule has 1 N–H and O–H groups in total. The average molecular weight is 287 g/mol. The predicted molar refractivity (Wildman–Crippen MR) is 74.0 cm³/mol. The Balaban J connectivity index is 2.22. The summed E-state index contributed by atoms with van der Waals surface area (Å²) < 4.78 is 1.97. The first-order valence-electron chi connectivity index (χ1n) is 5.04. The van der Waals surface area contributed by atoms with E-state index in [2.05, 4.69) is 10.3 Å². The molecule has 0 aliphatic carbocycles. The van der Waals surface area contributed by atoms with E-state index in [0.29, 0.717) is 5.02 Å². The zero-order valence-electron chi connectivity index (χ0n) is 9.36. The Morgan fingerprint density at radius 2 is 2.35 bits per heavy atom. The molecule has 17 heavy (non-hydrogen) atoms. The molecule has 1 aromatic carbocycles. The Morgan fingerprint density at radius 1 is 1.59 bits per heavy atom. The first-order chi connectivity index (χ1) is 8.10. The second-order valence-electron chi connectivity index (χ2n) is 3.47. The highest BCUT2D eigenvalue weighted by molar-refractivity contribution is 8.02. The van der Waals surface area contributed by atoms with Crippen molar-refractivity contribution in [1.82, 2.24) is 10.3 Å². The van der Waals surface area contributed by atoms with Gasteiger partial charge in [-0.15, -0.1) is 11.3 Å². The van der Waals surface area contributed by atoms with E-state index in [1.165, 1.54) is 11.8 Å². The Hall–Kier alpha value is -0.780. The first kappa shape index (κ1) is 12.7. The van der Waals surface area contributed by atoms with Crippen molar-refractivity contribution in [3.63, 3.8) is 0 Å². The number of thiazole rings is 1. The average Bonchev–Trinajstić information content (AvgIpc) is 2.69. The maximum absolute atomic E-state index is 11.4. The molecular weight excluding hydrogens is 276 g/mol. The van der Waals surface area contributed by atoms with Crippen LogP contribution in [0.3, 0.4) is 0 Å². The number of nitrogens with one attached hydrogen (secondary N) is 1. The lowest BCUT2D eigenvalue weighted by Crippen LogP contribution is -2.26. The molecule has 0 fully saturated rings. The van der Waals surface area contributed by atoms with E-state index in [-0.39, 0.29) is 11.2 Å². The molecular formula is C11H11ClN2OS2. The Labute approximate surface area is 113 Å². The van der Waals surface area contributed by atoms with E-state index in [0.717, 1.165) is 14.6 Å². The van der Waals surface area contributed by atoms with Crippen molar-refractivity contribution in [2.24, 2.45) is 0 Å². The highest BCUT2D eigenvalue weighted by Gasteiger charge is 2.15. The van der Waals surface area contributed by atoms with Gasteiger partial charge in [-0.1, -0.05) is 23.4 Å². The lowest BCUT2D eigenvalue weighted by molar-refractivity contribution is -0.119. The normalized spacial score (nSPS) is 12.6. The van der Waals surface area contributed by atoms with Crippen molar-refractivity contribution >= 4 is 50.8 Å². The number of aromatic nitrogens is 1. The third-order valence-electron chi connectivity index (χ3n) is 2.22. The van der Waals surface area contributed by atoms with Gasteiger partial charge in [0.2, 0.25) is 5.91 Å². The van der Waals surface area contributed by atoms with Crippen LogP contribution in [-0.2, 0) is 4.79 Å². The van der Waals surface area contributed by atoms with Gasteiger partial charge in [0, 0.05) is 12.1 Å². The predicted octanol–water partition coefficient (Wildman–Crippen LogP) is 3.18. The number of carbonyl (C=O) groups excluding carboxylic acids is 1. The molecule has 0 aliphatic rings. The fourth-order valence-corrected chi connectivity index (χ4v) is 3.75. The second-order valence-corrected chi connectivity index (χ2v) is 6.52. The van der Waals surface area contributed by atoms with E-state index in [1.54, 1.807) is 18.4 Å². The molecule has 1 heterocycles. The molecule has 0 unspecified atom stereocenters. The van der Waals surface area contributed by atoms with Crippen LogP contribution >= 0.6 is 34.7 Å². The molecule has 0 saturated carbocycles. The fraction of sp³-hybridized carbons (Fsp3) is 0.273. The molecule has 6 heteroatoms. The van der Waals surface area contributed by atoms with Crippen molar-refractivity contribution in [1.29, 1.82) is 0 Å². The van der Waals surface area contributed by atoms with Crippen LogP contribution in [0, 0.1) is 0 Å². The summed E-state index contributed by atoms with van der Waals surface area (Å²) in [7, 11) is 1.64. The van der Waals surface area contributed by atoms with Gasteiger partial charge in [-0.05, 0) is 25.1 Å². The summed E-state index contributed by atoms with van der Waals surface area (Å²) in [6.45, 7) is 1.86. The number of halogens is 1. The molecule has 0 radical (unpaired) electrons. The van der Waals surface area contributed by atoms with Crippen LogP contribution in [-0.4, -0.2) is 23.2 Å². The van der Waals surface area contributed by atoms with Gasteiger partial charge < -0.3 is 5.32 Å². The minimum atomic E-state index is -0.143. The molecule has 2 rings (SSSR count). The summed E-state index contributed by atoms with van der Waals surface area (Å²) in [6.07, 6.45) is 0. The summed E-state index contributed by atoms with van der Waals surface area (Å²) in [4.78, 5) is 15.9. The standard InChI is InChI=1S/C11H11ClN2OS2/c1-6(10(15)13-2)16-11-14-8-5-7(12)3-4-9(8)17-11/h3-6H,1-2H3,(H,13,15)/t6-/m0/s1. The highest BCUT2D eigenvalue weighted by Crippen LogP contribution is 2.33. The van der Waals surface area contributed by atoms with Gasteiger partial charge in [0.15, 0.2) is 4.34 Å². The molecule has 0 saturated heterocycles. The van der Waals surface area contributed by atoms with Gasteiger partial charge in [0.25, 0.3) is 0 Å². The van der Waals surface area contributed by atoms with Crippen LogP contribution < -0.4 is 5.32 Å². The number of rotatable bonds is 3. The van der Waals surface area contributed by atoms with Crippen molar-refractivity contribution in [3.8, 4) is 0 Å². The lowest BCUT2D eigenvalue weighted by Gasteiger charge is -2.05. The molecule has 1 amide bonds. The minimum Gasteiger partial charge on any atom is -0.358 e. The van der Waals surface area contributed by atoms with Gasteiger partial charge in [-0.25, -0.2) is 4.98 Å². The van der Waals surface area contributed by atoms with Crippen molar-refractivity contribution in [2.75, 3.05) is 7.05 Å². The number of hydrogen-bond donors (Lipinski definition) is 1. The number of benzene rings is 1. The molecule has 0 spiro atoms. The van der Waals surface area contributed by atoms with Crippen LogP contribution in [0.25, 0.3) is 10.2 Å². The number of amides is 1. The highest BCUT2D eigenvalue weighted by atomic mass is 35.5. The Kier molecular flexibility index (Phi) is 3.91. The van der Waals surface area contributed by atoms with Crippen molar-refractivity contribution < 1.29 is 4.79 Å². The van der Waals surface area contributed by atoms with E-state index >= 15 is 0 Å². The smallest absolute Gasteiger partial charge is 0.233 e. The maximum atomic E-state index is 11.4. The SMILES string of the molecule is CNC(=O)[C@H](C)Sc1nc2cc(Cl)ccc2s1. The molecule has 1 atom stereocenters. The Morgan fingerprint density at radius 3 is 3.06 bits per heavy atom. The van der Waals surface area contributed by atoms with Gasteiger partial charge in [-0.3, -0.25) is 4.79 Å². The number of carbonyl (C=O) groups is 1. The van der Waals surface area contributed by atoms with Crippen LogP contribution in [0.15, 0.2) is 22.5 Å². The Bertz CT molecular complexity index is 555. The van der Waals surface area contributed by atoms with Gasteiger partial charge in [0.05, 0.1) is 15.5 Å². The largest absolute Gasteiger partial charge is 0.358 e. The van der Waals surface area contributed by atoms with Crippen LogP contribution in [0.5, 0.6) is 0 Å². The lowest BCUT2D eigenvalue weighted by atomic mass is 10.3. The van der Waals surface area contributed by atoms with E-state index in [4.69, 9.17) is 11.6 Å². The van der Waals surface area contributed by atoms with E-state index in [9.17, 15) is 4.79 Å². The van der Waals surface area contributed by atoms with Crippen LogP contribution in [0.4, 0.5) is 0 Å². The van der Waals surface area contributed by atoms with Gasteiger partial charge >= 0.3 is 0 Å². The number of nitrogens with zero attached hydrogens (tertiary/aromatic N) is 1. The third kappa shape index (κ3) is 2.91. The van der Waals surface area contributed by atoms with Crippen molar-refractivity contribution in [2.45, 2.75) is 16.5 Å². The monoisotopic (exact) mass is 286 g/mol. The molecule has 1 aromatic heterocycles. The summed E-state index contributed by atoms with van der Waals surface area (Å²) in [5, 5.41) is 3.16. The number of hydrogen-bond acceptors (Lipinski definition) is 4. The second kappa shape index (κ2) is 5.25. The van der Waals surface area contributed by atoms with Crippen molar-refractivity contribution in [3.05, 3.63) is 23.2 Å². The number of thioether (sulfide) groups is 1. The molecule has 0 bridgehead atoms. The zero-order valence-corrected chi connectivity index (χ0v) is 11.7. The summed E-state index contributed by atoms with van der Waals surface area (Å²) in [5.41, 5.74) is 0.883. The summed E-state index contributed by atoms with van der Waals surface area (Å²) in [6, 6.07) is 5.63. The number of fused-ring (bicyclic) bond motifs is 1. The quantitative estimate of drug-likeness (QED) is 0.881. The minimum absolute atomic E-state index is 0.00675. The fourth-order valence-electron chi connectivity index (χ4n) is 1.34. The summed E-state index contributed by atoms with van der Waals surface area (Å²) in [5.74, 6) is 0.00675. The van der Waals surface area contributed by atoms with E-state index < -0.39 is 0 Å². The first-order valence-corrected chi connectivity index (χ1v) is 7.12. The third-order valence-corrected chi connectivity index (χ3v) is 4.69. The van der Waals surface area contributed by atoms with Gasteiger partial charge in [-0.2, -0.15) is 0 Å². The van der Waals surface area contributed by atoms with Crippen LogP contribution in [0.1, 0.15) is 6.92 Å². The van der Waals surface area contributed by atoms with Crippen LogP contribution in [0.2, 0.25) is 5.02 Å². The maximum Gasteiger partial charge on any atom is 0.233 e. The topological polar surface area (TPSA) is 42.0 Å². The van der Waals surface area contributed by atoms with E-state index in [1.807, 2.05) is 25.1 Å². The summed E-state index contributed by atoms with van der Waals surface area (Å²) >= 11 is 8.94. The van der Waals surface area contributed by atoms with Gasteiger partial charge in [0.1, 0.15) is 0 Å². The zero-order chi connectivity index (χ0) is 12.4. The molecule has 2 aromatic rings.